The molecule has 5 nitrogen and oxygen atoms in total. The van der Waals surface area contributed by atoms with Crippen LogP contribution < -0.4 is 0 Å². The average molecular weight is 254 g/mol. The first-order valence-corrected chi connectivity index (χ1v) is 6.48. The third kappa shape index (κ3) is 4.24. The Morgan fingerprint density at radius 1 is 1.33 bits per heavy atom. The smallest absolute Gasteiger partial charge is 0.420 e. The minimum atomic E-state index is -1.04. The van der Waals surface area contributed by atoms with Crippen molar-refractivity contribution in [1.29, 1.82) is 0 Å². The normalized spacial score (nSPS) is 18.9. The van der Waals surface area contributed by atoms with Gasteiger partial charge in [0.1, 0.15) is 5.60 Å². The molecular weight excluding hydrogens is 232 g/mol. The molecule has 102 valence electrons. The SMILES string of the molecule is CC(C)(C)OC(=O)C(=[N+]=[N-])[C@@H](O)C1CCCCC1. The molecule has 1 N–H and O–H groups in total. The highest BCUT2D eigenvalue weighted by atomic mass is 16.6. The minimum absolute atomic E-state index is 0.0165. The molecule has 1 aliphatic rings. The lowest BCUT2D eigenvalue weighted by molar-refractivity contribution is -0.153. The van der Waals surface area contributed by atoms with Crippen molar-refractivity contribution in [2.24, 2.45) is 5.92 Å². The molecule has 0 saturated heterocycles. The fraction of sp³-hybridized carbons (Fsp3) is 0.846. The topological polar surface area (TPSA) is 82.9 Å². The summed E-state index contributed by atoms with van der Waals surface area (Å²) in [6.45, 7) is 5.19. The average Bonchev–Trinajstić information content (AvgIpc) is 2.28. The maximum Gasteiger partial charge on any atom is 0.420 e. The van der Waals surface area contributed by atoms with Gasteiger partial charge in [0, 0.05) is 0 Å². The molecule has 1 aliphatic carbocycles. The molecular formula is C13H22N2O3. The first kappa shape index (κ1) is 14.9. The van der Waals surface area contributed by atoms with Crippen LogP contribution in [0.5, 0.6) is 0 Å². The van der Waals surface area contributed by atoms with E-state index in [1.807, 2.05) is 0 Å². The minimum Gasteiger partial charge on any atom is -0.451 e. The van der Waals surface area contributed by atoms with E-state index < -0.39 is 17.7 Å². The summed E-state index contributed by atoms with van der Waals surface area (Å²) in [4.78, 5) is 14.7. The summed E-state index contributed by atoms with van der Waals surface area (Å²) in [6, 6.07) is 0. The monoisotopic (exact) mass is 254 g/mol. The lowest BCUT2D eigenvalue weighted by Gasteiger charge is -2.24. The quantitative estimate of drug-likeness (QED) is 0.361. The third-order valence-electron chi connectivity index (χ3n) is 3.09. The zero-order valence-corrected chi connectivity index (χ0v) is 11.3. The second-order valence-electron chi connectivity index (χ2n) is 5.83. The van der Waals surface area contributed by atoms with Gasteiger partial charge in [-0.1, -0.05) is 19.3 Å². The van der Waals surface area contributed by atoms with Gasteiger partial charge in [0.25, 0.3) is 0 Å². The first-order valence-electron chi connectivity index (χ1n) is 6.48. The van der Waals surface area contributed by atoms with Crippen LogP contribution in [0.15, 0.2) is 0 Å². The van der Waals surface area contributed by atoms with E-state index in [1.54, 1.807) is 20.8 Å². The Morgan fingerprint density at radius 2 is 1.89 bits per heavy atom. The number of hydrogen-bond acceptors (Lipinski definition) is 3. The summed E-state index contributed by atoms with van der Waals surface area (Å²) in [5.41, 5.74) is 7.97. The molecule has 0 heterocycles. The van der Waals surface area contributed by atoms with Crippen LogP contribution in [-0.2, 0) is 9.53 Å². The summed E-state index contributed by atoms with van der Waals surface area (Å²) in [6.07, 6.45) is 3.89. The van der Waals surface area contributed by atoms with E-state index in [-0.39, 0.29) is 11.6 Å². The van der Waals surface area contributed by atoms with Gasteiger partial charge >= 0.3 is 11.7 Å². The van der Waals surface area contributed by atoms with Crippen LogP contribution in [0.25, 0.3) is 5.53 Å². The van der Waals surface area contributed by atoms with E-state index in [4.69, 9.17) is 10.3 Å². The predicted molar refractivity (Wildman–Crippen MR) is 67.1 cm³/mol. The van der Waals surface area contributed by atoms with Crippen molar-refractivity contribution < 1.29 is 19.4 Å². The number of rotatable bonds is 3. The number of ether oxygens (including phenoxy) is 1. The summed E-state index contributed by atoms with van der Waals surface area (Å²) >= 11 is 0. The standard InChI is InChI=1S/C13H22N2O3/c1-13(2,3)18-12(17)10(15-14)11(16)9-7-5-4-6-8-9/h9,11,16H,4-8H2,1-3H3/t11-/m0/s1. The zero-order valence-electron chi connectivity index (χ0n) is 11.3. The van der Waals surface area contributed by atoms with Crippen LogP contribution in [0.3, 0.4) is 0 Å². The van der Waals surface area contributed by atoms with E-state index in [2.05, 4.69) is 4.79 Å². The van der Waals surface area contributed by atoms with Gasteiger partial charge in [0.15, 0.2) is 6.10 Å². The molecule has 1 saturated carbocycles. The summed E-state index contributed by atoms with van der Waals surface area (Å²) < 4.78 is 5.11. The van der Waals surface area contributed by atoms with Gasteiger partial charge < -0.3 is 15.4 Å². The molecule has 0 aromatic carbocycles. The number of esters is 1. The molecule has 5 heteroatoms. The van der Waals surface area contributed by atoms with Gasteiger partial charge in [-0.3, -0.25) is 0 Å². The molecule has 1 rings (SSSR count). The van der Waals surface area contributed by atoms with Gasteiger partial charge in [0.05, 0.1) is 0 Å². The predicted octanol–water partition coefficient (Wildman–Crippen LogP) is 1.94. The van der Waals surface area contributed by atoms with E-state index in [1.165, 1.54) is 0 Å². The third-order valence-corrected chi connectivity index (χ3v) is 3.09. The summed E-state index contributed by atoms with van der Waals surface area (Å²) in [7, 11) is 0. The molecule has 0 bridgehead atoms. The van der Waals surface area contributed by atoms with Crippen molar-refractivity contribution in [3.05, 3.63) is 5.53 Å². The Hall–Kier alpha value is -1.19. The number of aliphatic hydroxyl groups is 1. The van der Waals surface area contributed by atoms with Crippen molar-refractivity contribution >= 4 is 11.7 Å². The molecule has 18 heavy (non-hydrogen) atoms. The molecule has 0 aromatic heterocycles. The number of aliphatic hydroxyl groups excluding tert-OH is 1. The molecule has 0 aromatic rings. The van der Waals surface area contributed by atoms with E-state index in [0.29, 0.717) is 0 Å². The lowest BCUT2D eigenvalue weighted by atomic mass is 9.83. The lowest BCUT2D eigenvalue weighted by Crippen LogP contribution is -2.40. The van der Waals surface area contributed by atoms with Crippen LogP contribution in [-0.4, -0.2) is 33.3 Å². The Bertz CT molecular complexity index is 348. The Kier molecular flexibility index (Phi) is 5.05. The molecule has 0 unspecified atom stereocenters. The van der Waals surface area contributed by atoms with Crippen molar-refractivity contribution in [3.63, 3.8) is 0 Å². The summed E-state index contributed by atoms with van der Waals surface area (Å²) in [5, 5.41) is 10.1. The van der Waals surface area contributed by atoms with Crippen molar-refractivity contribution in [1.82, 2.24) is 0 Å². The van der Waals surface area contributed by atoms with Crippen LogP contribution in [0, 0.1) is 5.92 Å². The fourth-order valence-electron chi connectivity index (χ4n) is 2.22. The van der Waals surface area contributed by atoms with Gasteiger partial charge in [-0.05, 0) is 39.5 Å². The van der Waals surface area contributed by atoms with Crippen molar-refractivity contribution in [2.45, 2.75) is 64.6 Å². The largest absolute Gasteiger partial charge is 0.451 e. The number of nitrogens with zero attached hydrogens (tertiary/aromatic N) is 2. The molecule has 1 fully saturated rings. The molecule has 0 spiro atoms. The van der Waals surface area contributed by atoms with Gasteiger partial charge in [0.2, 0.25) is 0 Å². The Balaban J connectivity index is 2.71. The second kappa shape index (κ2) is 6.12. The maximum absolute atomic E-state index is 11.8. The van der Waals surface area contributed by atoms with Crippen molar-refractivity contribution in [3.8, 4) is 0 Å². The second-order valence-corrected chi connectivity index (χ2v) is 5.83. The highest BCUT2D eigenvalue weighted by Gasteiger charge is 2.39. The summed E-state index contributed by atoms with van der Waals surface area (Å²) in [5.74, 6) is -0.764. The molecule has 0 radical (unpaired) electrons. The van der Waals surface area contributed by atoms with Crippen LogP contribution in [0.1, 0.15) is 52.9 Å². The number of hydrogen-bond donors (Lipinski definition) is 1. The number of carbonyl (C=O) groups is 1. The Labute approximate surface area is 108 Å². The van der Waals surface area contributed by atoms with Crippen molar-refractivity contribution in [2.75, 3.05) is 0 Å². The first-order chi connectivity index (χ1) is 8.35. The van der Waals surface area contributed by atoms with Crippen LogP contribution in [0.2, 0.25) is 0 Å². The maximum atomic E-state index is 11.8. The fourth-order valence-corrected chi connectivity index (χ4v) is 2.22. The molecule has 0 amide bonds. The number of carbonyl (C=O) groups excluding carboxylic acids is 1. The van der Waals surface area contributed by atoms with Gasteiger partial charge in [-0.15, -0.1) is 0 Å². The van der Waals surface area contributed by atoms with E-state index >= 15 is 0 Å². The molecule has 0 aliphatic heterocycles. The van der Waals surface area contributed by atoms with E-state index in [0.717, 1.165) is 32.1 Å². The van der Waals surface area contributed by atoms with E-state index in [9.17, 15) is 9.90 Å². The highest BCUT2D eigenvalue weighted by molar-refractivity contribution is 6.35. The molecule has 1 atom stereocenters. The van der Waals surface area contributed by atoms with Crippen LogP contribution in [0.4, 0.5) is 0 Å². The Morgan fingerprint density at radius 3 is 2.33 bits per heavy atom. The van der Waals surface area contributed by atoms with Gasteiger partial charge in [-0.2, -0.15) is 4.79 Å². The zero-order chi connectivity index (χ0) is 13.8. The van der Waals surface area contributed by atoms with Crippen LogP contribution >= 0.6 is 0 Å². The highest BCUT2D eigenvalue weighted by Crippen LogP contribution is 2.27. The van der Waals surface area contributed by atoms with Gasteiger partial charge in [-0.25, -0.2) is 4.79 Å².